The number of rotatable bonds is 75. The Labute approximate surface area is 587 Å². The number of esters is 2. The summed E-state index contributed by atoms with van der Waals surface area (Å²) in [5.74, 6) is -0.812. The zero-order chi connectivity index (χ0) is 68.6. The van der Waals surface area contributed by atoms with E-state index in [2.05, 4.69) is 135 Å². The lowest BCUT2D eigenvalue weighted by Crippen LogP contribution is -2.29. The molecule has 0 aromatic rings. The van der Waals surface area contributed by atoms with Crippen molar-refractivity contribution in [3.63, 3.8) is 0 Å². The van der Waals surface area contributed by atoms with Crippen LogP contribution in [-0.4, -0.2) is 49.3 Å². The van der Waals surface area contributed by atoms with E-state index in [0.717, 1.165) is 96.3 Å². The fourth-order valence-electron chi connectivity index (χ4n) is 11.5. The molecule has 0 radical (unpaired) electrons. The van der Waals surface area contributed by atoms with Crippen LogP contribution in [0.1, 0.15) is 373 Å². The van der Waals surface area contributed by atoms with Crippen LogP contribution in [0.4, 0.5) is 0 Å². The molecule has 0 heterocycles. The molecule has 0 rings (SSSR count). The Morgan fingerprint density at radius 2 is 0.547 bits per heavy atom. The Bertz CT molecular complexity index is 1980. The molecule has 0 fully saturated rings. The first-order valence-corrected chi connectivity index (χ1v) is 41.5. The minimum Gasteiger partial charge on any atom is -0.462 e. The predicted octanol–water partition coefficient (Wildman–Crippen LogP) is 27.0. The van der Waals surface area contributed by atoms with Gasteiger partial charge in [0.15, 0.2) is 6.10 Å². The zero-order valence-electron chi connectivity index (χ0n) is 61.9. The summed E-state index contributed by atoms with van der Waals surface area (Å²) in [5, 5.41) is 0. The molecule has 0 aromatic heterocycles. The molecular weight excluding hydrogens is 1190 g/mol. The van der Waals surface area contributed by atoms with Crippen LogP contribution in [-0.2, 0) is 32.7 Å². The fourth-order valence-corrected chi connectivity index (χ4v) is 12.3. The molecule has 2 unspecified atom stereocenters. The first-order chi connectivity index (χ1) is 46.8. The molecule has 0 aromatic carbocycles. The van der Waals surface area contributed by atoms with Crippen molar-refractivity contribution in [3.8, 4) is 0 Å². The van der Waals surface area contributed by atoms with Crippen molar-refractivity contribution in [3.05, 3.63) is 122 Å². The first-order valence-electron chi connectivity index (χ1n) is 40.0. The summed E-state index contributed by atoms with van der Waals surface area (Å²) in [7, 11) is -4.40. The van der Waals surface area contributed by atoms with Crippen LogP contribution in [0, 0.1) is 0 Å². The van der Waals surface area contributed by atoms with Crippen molar-refractivity contribution in [2.75, 3.05) is 26.4 Å². The van der Waals surface area contributed by atoms with Gasteiger partial charge in [-0.2, -0.15) is 0 Å². The average molecular weight is 1350 g/mol. The van der Waals surface area contributed by atoms with Gasteiger partial charge in [0.05, 0.1) is 13.2 Å². The van der Waals surface area contributed by atoms with E-state index in [0.29, 0.717) is 6.42 Å². The van der Waals surface area contributed by atoms with Crippen molar-refractivity contribution in [2.45, 2.75) is 380 Å². The van der Waals surface area contributed by atoms with Gasteiger partial charge in [0.2, 0.25) is 0 Å². The number of carbonyl (C=O) groups excluding carboxylic acids is 2. The van der Waals surface area contributed by atoms with Gasteiger partial charge in [0.25, 0.3) is 0 Å². The lowest BCUT2D eigenvalue weighted by atomic mass is 10.0. The summed E-state index contributed by atoms with van der Waals surface area (Å²) < 4.78 is 33.3. The molecule has 0 aliphatic carbocycles. The minimum atomic E-state index is -4.40. The van der Waals surface area contributed by atoms with E-state index in [1.807, 2.05) is 0 Å². The topological polar surface area (TPSA) is 134 Å². The first kappa shape index (κ1) is 91.4. The molecule has 0 bridgehead atoms. The number of ether oxygens (including phenoxy) is 2. The second kappa shape index (κ2) is 79.4. The Kier molecular flexibility index (Phi) is 76.4. The maximum absolute atomic E-state index is 12.8. The Hall–Kier alpha value is -3.59. The summed E-state index contributed by atoms with van der Waals surface area (Å²) in [6.07, 6.45) is 112. The second-order valence-corrected chi connectivity index (χ2v) is 28.0. The van der Waals surface area contributed by atoms with Gasteiger partial charge in [0.1, 0.15) is 6.61 Å². The van der Waals surface area contributed by atoms with Crippen molar-refractivity contribution < 1.29 is 37.6 Å². The number of hydrogen-bond acceptors (Lipinski definition) is 8. The van der Waals surface area contributed by atoms with Crippen LogP contribution in [0.5, 0.6) is 0 Å². The summed E-state index contributed by atoms with van der Waals surface area (Å²) in [6, 6.07) is 0. The zero-order valence-corrected chi connectivity index (χ0v) is 62.8. The number of carbonyl (C=O) groups is 2. The fraction of sp³-hybridized carbons (Fsp3) is 0.741. The Balaban J connectivity index is 3.78. The molecule has 3 N–H and O–H groups in total. The molecule has 2 atom stereocenters. The maximum atomic E-state index is 12.8. The largest absolute Gasteiger partial charge is 0.472 e. The average Bonchev–Trinajstić information content (AvgIpc) is 2.75. The molecule has 0 saturated heterocycles. The highest BCUT2D eigenvalue weighted by molar-refractivity contribution is 7.47. The van der Waals surface area contributed by atoms with E-state index in [-0.39, 0.29) is 38.6 Å². The highest BCUT2D eigenvalue weighted by atomic mass is 31.2. The lowest BCUT2D eigenvalue weighted by molar-refractivity contribution is -0.161. The summed E-state index contributed by atoms with van der Waals surface area (Å²) in [6.45, 7) is 3.57. The van der Waals surface area contributed by atoms with E-state index in [9.17, 15) is 19.0 Å². The molecular formula is C85H150NO8P. The summed E-state index contributed by atoms with van der Waals surface area (Å²) >= 11 is 0. The SMILES string of the molecule is CC/C=C\C/C=C\C/C=C\C/C=C\C/C=C\CCCCCCCCCCCCCCCCCCCCCCCCCCCC(=O)OC(COC(=O)CCCCCCCCCCCCCCCCCCC/C=C\C/C=C\C/C=C\C/C=C\C/C=C\CC)COP(=O)(O)OCCN. The Morgan fingerprint density at radius 1 is 0.316 bits per heavy atom. The standard InChI is InChI=1S/C85H150NO8P/c1-3-5-7-9-11-13-15-17-19-21-23-25-27-29-31-33-35-37-38-39-40-41-42-43-44-46-48-50-52-54-56-58-60-62-64-66-68-70-72-74-76-78-85(88)94-83(82-93-95(89,90)92-80-79-86)81-91-84(87)77-75-73-71-69-67-65-63-61-59-57-55-53-51-49-47-45-36-34-32-30-28-26-24-22-20-18-16-14-12-10-8-6-4-2/h5-8,11-14,17-20,23-26,29-32,83H,3-4,9-10,15-16,21-22,27-28,33-82,86H2,1-2H3,(H,89,90)/b7-5-,8-6-,13-11-,14-12-,19-17-,20-18-,25-23-,26-24-,31-29-,32-30-. The van der Waals surface area contributed by atoms with Gasteiger partial charge >= 0.3 is 19.8 Å². The number of phosphoric acid groups is 1. The van der Waals surface area contributed by atoms with Gasteiger partial charge < -0.3 is 20.1 Å². The van der Waals surface area contributed by atoms with E-state index < -0.39 is 26.5 Å². The molecule has 10 heteroatoms. The van der Waals surface area contributed by atoms with Gasteiger partial charge in [-0.25, -0.2) is 4.57 Å². The molecule has 0 aliphatic rings. The molecule has 0 saturated carbocycles. The third kappa shape index (κ3) is 79.3. The number of unbranched alkanes of at least 4 members (excludes halogenated alkanes) is 42. The maximum Gasteiger partial charge on any atom is 0.472 e. The molecule has 0 spiro atoms. The Morgan fingerprint density at radius 3 is 0.811 bits per heavy atom. The van der Waals surface area contributed by atoms with Gasteiger partial charge in [-0.3, -0.25) is 18.6 Å². The summed E-state index contributed by atoms with van der Waals surface area (Å²) in [4.78, 5) is 35.5. The minimum absolute atomic E-state index is 0.0524. The molecule has 0 amide bonds. The van der Waals surface area contributed by atoms with E-state index in [1.165, 1.54) is 244 Å². The van der Waals surface area contributed by atoms with Crippen LogP contribution in [0.3, 0.4) is 0 Å². The number of phosphoric ester groups is 1. The monoisotopic (exact) mass is 1340 g/mol. The van der Waals surface area contributed by atoms with Crippen molar-refractivity contribution in [1.29, 1.82) is 0 Å². The van der Waals surface area contributed by atoms with E-state index in [1.54, 1.807) is 0 Å². The van der Waals surface area contributed by atoms with Gasteiger partial charge in [-0.05, 0) is 103 Å². The van der Waals surface area contributed by atoms with Crippen molar-refractivity contribution >= 4 is 19.8 Å². The normalized spacial score (nSPS) is 13.5. The third-order valence-corrected chi connectivity index (χ3v) is 18.3. The van der Waals surface area contributed by atoms with Crippen molar-refractivity contribution in [1.82, 2.24) is 0 Å². The quantitative estimate of drug-likeness (QED) is 0.0264. The number of hydrogen-bond donors (Lipinski definition) is 2. The van der Waals surface area contributed by atoms with Crippen LogP contribution < -0.4 is 5.73 Å². The number of nitrogens with two attached hydrogens (primary N) is 1. The van der Waals surface area contributed by atoms with Crippen LogP contribution >= 0.6 is 7.82 Å². The highest BCUT2D eigenvalue weighted by Crippen LogP contribution is 2.43. The van der Waals surface area contributed by atoms with Gasteiger partial charge in [-0.15, -0.1) is 0 Å². The smallest absolute Gasteiger partial charge is 0.462 e. The third-order valence-electron chi connectivity index (χ3n) is 17.3. The lowest BCUT2D eigenvalue weighted by Gasteiger charge is -2.19. The molecule has 9 nitrogen and oxygen atoms in total. The molecule has 548 valence electrons. The second-order valence-electron chi connectivity index (χ2n) is 26.5. The number of allylic oxidation sites excluding steroid dienone is 20. The van der Waals surface area contributed by atoms with Crippen molar-refractivity contribution in [2.24, 2.45) is 5.73 Å². The van der Waals surface area contributed by atoms with Crippen LogP contribution in [0.25, 0.3) is 0 Å². The molecule has 0 aliphatic heterocycles. The van der Waals surface area contributed by atoms with Crippen LogP contribution in [0.15, 0.2) is 122 Å². The molecule has 95 heavy (non-hydrogen) atoms. The predicted molar refractivity (Wildman–Crippen MR) is 413 cm³/mol. The van der Waals surface area contributed by atoms with E-state index in [4.69, 9.17) is 24.3 Å². The summed E-state index contributed by atoms with van der Waals surface area (Å²) in [5.41, 5.74) is 5.42. The van der Waals surface area contributed by atoms with Gasteiger partial charge in [0, 0.05) is 19.4 Å². The van der Waals surface area contributed by atoms with Gasteiger partial charge in [-0.1, -0.05) is 379 Å². The van der Waals surface area contributed by atoms with E-state index >= 15 is 0 Å². The highest BCUT2D eigenvalue weighted by Gasteiger charge is 2.26. The van der Waals surface area contributed by atoms with Crippen LogP contribution in [0.2, 0.25) is 0 Å².